The second-order valence-electron chi connectivity index (χ2n) is 7.35. The molecule has 26 heavy (non-hydrogen) atoms. The number of nitrogens with one attached hydrogen (secondary N) is 1. The summed E-state index contributed by atoms with van der Waals surface area (Å²) in [7, 11) is -1.70. The first-order chi connectivity index (χ1) is 12.4. The van der Waals surface area contributed by atoms with Crippen molar-refractivity contribution in [3.05, 3.63) is 17.0 Å². The van der Waals surface area contributed by atoms with E-state index >= 15 is 0 Å². The lowest BCUT2D eigenvalue weighted by Crippen LogP contribution is -2.48. The lowest BCUT2D eigenvalue weighted by Gasteiger charge is -2.35. The number of hydrogen-bond donors (Lipinski definition) is 1. The Morgan fingerprint density at radius 1 is 1.27 bits per heavy atom. The van der Waals surface area contributed by atoms with Crippen LogP contribution in [0.15, 0.2) is 15.7 Å². The molecule has 2 atom stereocenters. The van der Waals surface area contributed by atoms with Crippen LogP contribution in [0.4, 0.5) is 0 Å². The summed E-state index contributed by atoms with van der Waals surface area (Å²) in [6.45, 7) is 1.55. The number of ether oxygens (including phenoxy) is 1. The summed E-state index contributed by atoms with van der Waals surface area (Å²) in [6, 6.07) is 2.77. The molecule has 3 saturated heterocycles. The first-order valence-electron chi connectivity index (χ1n) is 9.15. The van der Waals surface area contributed by atoms with Gasteiger partial charge in [-0.1, -0.05) is 0 Å². The average Bonchev–Trinajstić information content (AvgIpc) is 3.28. The van der Waals surface area contributed by atoms with Crippen LogP contribution in [0.25, 0.3) is 0 Å². The largest absolute Gasteiger partial charge is 0.379 e. The molecule has 1 amide bonds. The van der Waals surface area contributed by atoms with Crippen molar-refractivity contribution in [2.24, 2.45) is 0 Å². The Kier molecular flexibility index (Phi) is 5.08. The molecule has 4 rings (SSSR count). The number of morpholine rings is 1. The van der Waals surface area contributed by atoms with Crippen LogP contribution in [0.2, 0.25) is 0 Å². The quantitative estimate of drug-likeness (QED) is 0.821. The van der Waals surface area contributed by atoms with Gasteiger partial charge in [-0.2, -0.15) is 4.31 Å². The molecule has 1 N–H and O–H groups in total. The van der Waals surface area contributed by atoms with E-state index in [2.05, 4.69) is 5.32 Å². The van der Waals surface area contributed by atoms with Crippen LogP contribution in [-0.2, 0) is 14.8 Å². The van der Waals surface area contributed by atoms with Crippen LogP contribution in [0.5, 0.6) is 0 Å². The molecule has 1 aromatic rings. The van der Waals surface area contributed by atoms with Crippen LogP contribution in [0.3, 0.4) is 0 Å². The molecule has 0 aromatic carbocycles. The average molecular weight is 400 g/mol. The Morgan fingerprint density at radius 2 is 1.92 bits per heavy atom. The van der Waals surface area contributed by atoms with Gasteiger partial charge in [-0.15, -0.1) is 11.3 Å². The predicted molar refractivity (Wildman–Crippen MR) is 99.0 cm³/mol. The summed E-state index contributed by atoms with van der Waals surface area (Å²) in [4.78, 5) is 14.7. The highest BCUT2D eigenvalue weighted by Gasteiger charge is 2.37. The van der Waals surface area contributed by atoms with E-state index in [1.807, 2.05) is 7.05 Å². The minimum atomic E-state index is -3.54. The fraction of sp³-hybridized carbons (Fsp3) is 0.706. The van der Waals surface area contributed by atoms with Crippen LogP contribution < -0.4 is 5.32 Å². The van der Waals surface area contributed by atoms with Crippen molar-refractivity contribution in [3.8, 4) is 0 Å². The zero-order valence-corrected chi connectivity index (χ0v) is 16.5. The minimum Gasteiger partial charge on any atom is -0.379 e. The van der Waals surface area contributed by atoms with Crippen LogP contribution in [-0.4, -0.2) is 75.0 Å². The molecule has 1 aromatic heterocycles. The maximum Gasteiger partial charge on any atom is 0.254 e. The van der Waals surface area contributed by atoms with Gasteiger partial charge >= 0.3 is 0 Å². The highest BCUT2D eigenvalue weighted by atomic mass is 32.2. The molecule has 144 valence electrons. The monoisotopic (exact) mass is 399 g/mol. The maximum absolute atomic E-state index is 12.9. The molecule has 0 saturated carbocycles. The molecule has 9 heteroatoms. The first kappa shape index (κ1) is 18.4. The van der Waals surface area contributed by atoms with Crippen molar-refractivity contribution >= 4 is 27.3 Å². The van der Waals surface area contributed by atoms with Gasteiger partial charge in [0.1, 0.15) is 4.21 Å². The fourth-order valence-corrected chi connectivity index (χ4v) is 6.91. The summed E-state index contributed by atoms with van der Waals surface area (Å²) in [6.07, 6.45) is 4.32. The highest BCUT2D eigenvalue weighted by Crippen LogP contribution is 2.31. The van der Waals surface area contributed by atoms with E-state index in [0.717, 1.165) is 24.2 Å². The van der Waals surface area contributed by atoms with Gasteiger partial charge in [-0.05, 0) is 31.7 Å². The van der Waals surface area contributed by atoms with Gasteiger partial charge < -0.3 is 15.0 Å². The van der Waals surface area contributed by atoms with Crippen LogP contribution in [0, 0.1) is 0 Å². The van der Waals surface area contributed by atoms with E-state index in [9.17, 15) is 13.2 Å². The number of amides is 1. The summed E-state index contributed by atoms with van der Waals surface area (Å²) in [5.74, 6) is -0.0871. The Hall–Kier alpha value is -1.00. The molecule has 4 heterocycles. The molecule has 3 aliphatic rings. The lowest BCUT2D eigenvalue weighted by molar-refractivity contribution is 0.0682. The van der Waals surface area contributed by atoms with E-state index in [1.165, 1.54) is 23.2 Å². The van der Waals surface area contributed by atoms with Gasteiger partial charge in [0.05, 0.1) is 18.8 Å². The SMILES string of the molecule is CN(C(=O)c1csc(S(=O)(=O)N2CCOCC2)c1)C1CC2CCC(C1)N2. The molecule has 7 nitrogen and oxygen atoms in total. The van der Waals surface area contributed by atoms with E-state index < -0.39 is 10.0 Å². The second-order valence-corrected chi connectivity index (χ2v) is 10.4. The summed E-state index contributed by atoms with van der Waals surface area (Å²) >= 11 is 1.13. The van der Waals surface area contributed by atoms with Gasteiger partial charge in [-0.3, -0.25) is 4.79 Å². The summed E-state index contributed by atoms with van der Waals surface area (Å²) in [5.41, 5.74) is 0.468. The highest BCUT2D eigenvalue weighted by molar-refractivity contribution is 7.91. The van der Waals surface area contributed by atoms with Crippen molar-refractivity contribution in [2.75, 3.05) is 33.4 Å². The Balaban J connectivity index is 1.47. The zero-order valence-electron chi connectivity index (χ0n) is 14.9. The number of hydrogen-bond acceptors (Lipinski definition) is 6. The number of thiophene rings is 1. The molecule has 0 aliphatic carbocycles. The number of sulfonamides is 1. The topological polar surface area (TPSA) is 79.0 Å². The van der Waals surface area contributed by atoms with E-state index in [1.54, 1.807) is 10.3 Å². The van der Waals surface area contributed by atoms with Gasteiger partial charge in [0, 0.05) is 43.6 Å². The third-order valence-electron chi connectivity index (χ3n) is 5.70. The number of nitrogens with zero attached hydrogens (tertiary/aromatic N) is 2. The molecule has 2 unspecified atom stereocenters. The second kappa shape index (κ2) is 7.20. The standard InChI is InChI=1S/C17H25N3O4S2/c1-19(15-9-13-2-3-14(10-15)18-13)17(21)12-8-16(25-11-12)26(22,23)20-4-6-24-7-5-20/h8,11,13-15,18H,2-7,9-10H2,1H3. The molecule has 0 spiro atoms. The molecular formula is C17H25N3O4S2. The smallest absolute Gasteiger partial charge is 0.254 e. The Labute approximate surface area is 158 Å². The number of fused-ring (bicyclic) bond motifs is 2. The predicted octanol–water partition coefficient (Wildman–Crippen LogP) is 1.12. The molecular weight excluding hydrogens is 374 g/mol. The zero-order chi connectivity index (χ0) is 18.3. The van der Waals surface area contributed by atoms with E-state index in [-0.39, 0.29) is 16.2 Å². The Bertz CT molecular complexity index is 761. The first-order valence-corrected chi connectivity index (χ1v) is 11.5. The molecule has 3 fully saturated rings. The third kappa shape index (κ3) is 3.43. The summed E-state index contributed by atoms with van der Waals surface area (Å²) in [5, 5.41) is 5.25. The van der Waals surface area contributed by atoms with E-state index in [0.29, 0.717) is 44.0 Å². The number of rotatable bonds is 4. The van der Waals surface area contributed by atoms with Gasteiger partial charge in [0.25, 0.3) is 15.9 Å². The van der Waals surface area contributed by atoms with Crippen LogP contribution >= 0.6 is 11.3 Å². The number of piperidine rings is 1. The van der Waals surface area contributed by atoms with Crippen molar-refractivity contribution in [1.82, 2.24) is 14.5 Å². The number of carbonyl (C=O) groups is 1. The van der Waals surface area contributed by atoms with Crippen molar-refractivity contribution in [1.29, 1.82) is 0 Å². The van der Waals surface area contributed by atoms with Crippen molar-refractivity contribution in [3.63, 3.8) is 0 Å². The molecule has 2 bridgehead atoms. The summed E-state index contributed by atoms with van der Waals surface area (Å²) < 4.78 is 32.4. The lowest BCUT2D eigenvalue weighted by atomic mass is 9.98. The molecule has 3 aliphatic heterocycles. The Morgan fingerprint density at radius 3 is 2.58 bits per heavy atom. The van der Waals surface area contributed by atoms with E-state index in [4.69, 9.17) is 4.74 Å². The normalized spacial score (nSPS) is 29.7. The van der Waals surface area contributed by atoms with Crippen molar-refractivity contribution in [2.45, 2.75) is 48.0 Å². The van der Waals surface area contributed by atoms with Crippen molar-refractivity contribution < 1.29 is 17.9 Å². The van der Waals surface area contributed by atoms with Gasteiger partial charge in [-0.25, -0.2) is 8.42 Å². The van der Waals surface area contributed by atoms with Crippen LogP contribution in [0.1, 0.15) is 36.0 Å². The van der Waals surface area contributed by atoms with Gasteiger partial charge in [0.15, 0.2) is 0 Å². The van der Waals surface area contributed by atoms with Gasteiger partial charge in [0.2, 0.25) is 0 Å². The third-order valence-corrected chi connectivity index (χ3v) is 9.02. The number of carbonyl (C=O) groups excluding carboxylic acids is 1. The maximum atomic E-state index is 12.9. The minimum absolute atomic E-state index is 0.0871. The molecule has 0 radical (unpaired) electrons. The fourth-order valence-electron chi connectivity index (χ4n) is 4.19.